The van der Waals surface area contributed by atoms with Gasteiger partial charge in [0.05, 0.1) is 18.4 Å². The van der Waals surface area contributed by atoms with Crippen LogP contribution < -0.4 is 9.64 Å². The Morgan fingerprint density at radius 3 is 2.63 bits per heavy atom. The van der Waals surface area contributed by atoms with Crippen LogP contribution in [0.25, 0.3) is 0 Å². The molecule has 2 atom stereocenters. The third-order valence-electron chi connectivity index (χ3n) is 5.09. The molecule has 9 heteroatoms. The molecule has 1 aromatic heterocycles. The molecule has 1 fully saturated rings. The van der Waals surface area contributed by atoms with Crippen molar-refractivity contribution in [2.24, 2.45) is 0 Å². The van der Waals surface area contributed by atoms with Crippen molar-refractivity contribution >= 4 is 16.0 Å². The van der Waals surface area contributed by atoms with Gasteiger partial charge in [-0.25, -0.2) is 22.8 Å². The zero-order valence-corrected chi connectivity index (χ0v) is 15.8. The van der Waals surface area contributed by atoms with Crippen LogP contribution in [0, 0.1) is 5.82 Å². The van der Waals surface area contributed by atoms with Crippen LogP contribution in [0.5, 0.6) is 5.75 Å². The van der Waals surface area contributed by atoms with Crippen molar-refractivity contribution in [3.05, 3.63) is 42.5 Å². The van der Waals surface area contributed by atoms with Crippen molar-refractivity contribution in [2.75, 3.05) is 24.5 Å². The number of nitrogens with zero attached hydrogens (tertiary/aromatic N) is 4. The summed E-state index contributed by atoms with van der Waals surface area (Å²) >= 11 is 0. The van der Waals surface area contributed by atoms with Gasteiger partial charge >= 0.3 is 0 Å². The molecule has 2 aliphatic rings. The van der Waals surface area contributed by atoms with Crippen LogP contribution in [0.4, 0.5) is 10.3 Å². The van der Waals surface area contributed by atoms with E-state index in [9.17, 15) is 12.8 Å². The summed E-state index contributed by atoms with van der Waals surface area (Å²) in [6.07, 6.45) is 3.20. The number of benzene rings is 1. The van der Waals surface area contributed by atoms with E-state index >= 15 is 0 Å². The van der Waals surface area contributed by atoms with Gasteiger partial charge in [-0.2, -0.15) is 4.31 Å². The van der Waals surface area contributed by atoms with Crippen molar-refractivity contribution in [3.63, 3.8) is 0 Å². The highest BCUT2D eigenvalue weighted by molar-refractivity contribution is 7.89. The highest BCUT2D eigenvalue weighted by atomic mass is 32.2. The molecule has 0 spiro atoms. The predicted octanol–water partition coefficient (Wildman–Crippen LogP) is 2.06. The maximum atomic E-state index is 13.2. The van der Waals surface area contributed by atoms with Gasteiger partial charge in [-0.1, -0.05) is 19.1 Å². The third-order valence-corrected chi connectivity index (χ3v) is 7.13. The number of aromatic nitrogens is 2. The van der Waals surface area contributed by atoms with Crippen molar-refractivity contribution in [3.8, 4) is 5.75 Å². The molecule has 0 unspecified atom stereocenters. The van der Waals surface area contributed by atoms with Gasteiger partial charge in [0.25, 0.3) is 0 Å². The fraction of sp³-hybridized carbons (Fsp3) is 0.444. The Kier molecular flexibility index (Phi) is 4.73. The number of hydrogen-bond acceptors (Lipinski definition) is 6. The second-order valence-corrected chi connectivity index (χ2v) is 8.50. The second-order valence-electron chi connectivity index (χ2n) is 6.64. The Morgan fingerprint density at radius 2 is 1.89 bits per heavy atom. The normalized spacial score (nSPS) is 24.9. The van der Waals surface area contributed by atoms with Crippen LogP contribution in [0.15, 0.2) is 41.6 Å². The molecule has 7 nitrogen and oxygen atoms in total. The molecule has 4 rings (SSSR count). The summed E-state index contributed by atoms with van der Waals surface area (Å²) in [5.74, 6) is 0.357. The number of fused-ring (bicyclic) bond motifs is 2. The van der Waals surface area contributed by atoms with Crippen molar-refractivity contribution in [1.82, 2.24) is 14.3 Å². The first kappa shape index (κ1) is 18.1. The monoisotopic (exact) mass is 392 g/mol. The zero-order chi connectivity index (χ0) is 19.0. The van der Waals surface area contributed by atoms with E-state index < -0.39 is 15.8 Å². The molecule has 0 amide bonds. The minimum Gasteiger partial charge on any atom is -0.487 e. The molecule has 2 aromatic rings. The van der Waals surface area contributed by atoms with Crippen LogP contribution in [-0.2, 0) is 10.0 Å². The van der Waals surface area contributed by atoms with Crippen molar-refractivity contribution < 1.29 is 17.5 Å². The molecule has 0 bridgehead atoms. The van der Waals surface area contributed by atoms with Gasteiger partial charge in [-0.15, -0.1) is 0 Å². The summed E-state index contributed by atoms with van der Waals surface area (Å²) in [6.45, 7) is 3.38. The quantitative estimate of drug-likeness (QED) is 0.779. The Labute approximate surface area is 157 Å². The number of halogens is 1. The second kappa shape index (κ2) is 7.05. The van der Waals surface area contributed by atoms with Gasteiger partial charge in [-0.3, -0.25) is 0 Å². The lowest BCUT2D eigenvalue weighted by atomic mass is 10.1. The lowest BCUT2D eigenvalue weighted by molar-refractivity contribution is 0.115. The fourth-order valence-corrected chi connectivity index (χ4v) is 5.64. The molecule has 27 heavy (non-hydrogen) atoms. The topological polar surface area (TPSA) is 75.6 Å². The largest absolute Gasteiger partial charge is 0.487 e. The van der Waals surface area contributed by atoms with Gasteiger partial charge < -0.3 is 9.64 Å². The molecule has 0 aliphatic carbocycles. The van der Waals surface area contributed by atoms with Crippen LogP contribution in [-0.4, -0.2) is 54.5 Å². The fourth-order valence-electron chi connectivity index (χ4n) is 3.83. The molecule has 2 aliphatic heterocycles. The van der Waals surface area contributed by atoms with E-state index in [0.29, 0.717) is 44.2 Å². The molecular weight excluding hydrogens is 371 g/mol. The molecule has 3 heterocycles. The van der Waals surface area contributed by atoms with Gasteiger partial charge in [0.1, 0.15) is 16.7 Å². The lowest BCUT2D eigenvalue weighted by Gasteiger charge is -2.30. The lowest BCUT2D eigenvalue weighted by Crippen LogP contribution is -2.46. The summed E-state index contributed by atoms with van der Waals surface area (Å²) in [5, 5.41) is 0. The first-order valence-electron chi connectivity index (χ1n) is 9.00. The number of sulfonamides is 1. The Hall–Kier alpha value is -2.26. The molecule has 0 saturated carbocycles. The third kappa shape index (κ3) is 3.25. The SMILES string of the molecule is CCN1[C@@H]2CCN(c3ncc(F)cn3)CC[C@H]2Oc2ccccc2S1(=O)=O. The van der Waals surface area contributed by atoms with Gasteiger partial charge in [0, 0.05) is 26.1 Å². The summed E-state index contributed by atoms with van der Waals surface area (Å²) in [5.41, 5.74) is 0. The van der Waals surface area contributed by atoms with Crippen LogP contribution in [0.1, 0.15) is 19.8 Å². The highest BCUT2D eigenvalue weighted by Crippen LogP contribution is 2.36. The summed E-state index contributed by atoms with van der Waals surface area (Å²) in [7, 11) is -3.63. The summed E-state index contributed by atoms with van der Waals surface area (Å²) in [4.78, 5) is 10.3. The minimum absolute atomic E-state index is 0.221. The van der Waals surface area contributed by atoms with E-state index in [1.807, 2.05) is 11.8 Å². The standard InChI is InChI=1S/C18H21FN4O3S/c1-2-23-14-7-9-22(18-20-11-13(19)12-21-18)10-8-15(14)26-16-5-3-4-6-17(16)27(23,24)25/h3-6,11-12,14-15H,2,7-10H2,1H3/t14-,15-/m1/s1. The van der Waals surface area contributed by atoms with E-state index in [0.717, 1.165) is 12.4 Å². The molecular formula is C18H21FN4O3S. The minimum atomic E-state index is -3.63. The zero-order valence-electron chi connectivity index (χ0n) is 15.0. The molecule has 0 N–H and O–H groups in total. The number of anilines is 1. The molecule has 0 radical (unpaired) electrons. The van der Waals surface area contributed by atoms with Crippen LogP contribution in [0.2, 0.25) is 0 Å². The molecule has 1 aromatic carbocycles. The predicted molar refractivity (Wildman–Crippen MR) is 97.6 cm³/mol. The average Bonchev–Trinajstić information content (AvgIpc) is 2.90. The maximum Gasteiger partial charge on any atom is 0.247 e. The molecule has 1 saturated heterocycles. The average molecular weight is 392 g/mol. The Bertz CT molecular complexity index is 922. The highest BCUT2D eigenvalue weighted by Gasteiger charge is 2.42. The van der Waals surface area contributed by atoms with E-state index in [4.69, 9.17) is 4.74 Å². The van der Waals surface area contributed by atoms with E-state index in [-0.39, 0.29) is 17.0 Å². The van der Waals surface area contributed by atoms with Gasteiger partial charge in [0.2, 0.25) is 16.0 Å². The summed E-state index contributed by atoms with van der Waals surface area (Å²) in [6, 6.07) is 6.51. The first-order valence-corrected chi connectivity index (χ1v) is 10.4. The number of rotatable bonds is 2. The number of para-hydroxylation sites is 1. The summed E-state index contributed by atoms with van der Waals surface area (Å²) < 4.78 is 47.2. The number of hydrogen-bond donors (Lipinski definition) is 0. The van der Waals surface area contributed by atoms with Crippen LogP contribution >= 0.6 is 0 Å². The van der Waals surface area contributed by atoms with E-state index in [2.05, 4.69) is 9.97 Å². The van der Waals surface area contributed by atoms with E-state index in [1.165, 1.54) is 0 Å². The van der Waals surface area contributed by atoms with Gasteiger partial charge in [0.15, 0.2) is 5.82 Å². The smallest absolute Gasteiger partial charge is 0.247 e. The van der Waals surface area contributed by atoms with Crippen LogP contribution in [0.3, 0.4) is 0 Å². The maximum absolute atomic E-state index is 13.2. The van der Waals surface area contributed by atoms with Crippen molar-refractivity contribution in [1.29, 1.82) is 0 Å². The first-order chi connectivity index (χ1) is 13.0. The molecule has 144 valence electrons. The Morgan fingerprint density at radius 1 is 1.19 bits per heavy atom. The number of likely N-dealkylation sites (N-methyl/N-ethyl adjacent to an activating group) is 1. The van der Waals surface area contributed by atoms with Gasteiger partial charge in [-0.05, 0) is 18.6 Å². The van der Waals surface area contributed by atoms with E-state index in [1.54, 1.807) is 28.6 Å². The van der Waals surface area contributed by atoms with Crippen molar-refractivity contribution in [2.45, 2.75) is 36.8 Å². The Balaban J connectivity index is 1.67. The number of ether oxygens (including phenoxy) is 1.